The maximum Gasteiger partial charge on any atom is 0.142 e. The van der Waals surface area contributed by atoms with Crippen LogP contribution in [0.2, 0.25) is 5.02 Å². The molecule has 2 rings (SSSR count). The van der Waals surface area contributed by atoms with E-state index in [1.165, 1.54) is 6.07 Å². The summed E-state index contributed by atoms with van der Waals surface area (Å²) < 4.78 is 15.0. The Morgan fingerprint density at radius 1 is 1.58 bits per heavy atom. The molecule has 1 aromatic carbocycles. The summed E-state index contributed by atoms with van der Waals surface area (Å²) in [7, 11) is 1.96. The zero-order chi connectivity index (χ0) is 8.72. The molecule has 0 spiro atoms. The van der Waals surface area contributed by atoms with Gasteiger partial charge >= 0.3 is 0 Å². The van der Waals surface area contributed by atoms with E-state index in [1.807, 2.05) is 11.4 Å². The smallest absolute Gasteiger partial charge is 0.142 e. The van der Waals surface area contributed by atoms with Crippen molar-refractivity contribution in [2.24, 2.45) is 0 Å². The molecule has 12 heavy (non-hydrogen) atoms. The third-order valence-electron chi connectivity index (χ3n) is 1.79. The highest BCUT2D eigenvalue weighted by Crippen LogP contribution is 2.39. The molecule has 1 nitrogen and oxygen atoms in total. The van der Waals surface area contributed by atoms with Gasteiger partial charge in [-0.25, -0.2) is 8.70 Å². The summed E-state index contributed by atoms with van der Waals surface area (Å²) in [5.41, 5.74) is 0.907. The first-order chi connectivity index (χ1) is 5.68. The van der Waals surface area contributed by atoms with E-state index in [9.17, 15) is 4.39 Å². The van der Waals surface area contributed by atoms with E-state index in [-0.39, 0.29) is 10.8 Å². The van der Waals surface area contributed by atoms with Crippen molar-refractivity contribution in [1.82, 2.24) is 4.31 Å². The van der Waals surface area contributed by atoms with Crippen LogP contribution >= 0.6 is 23.5 Å². The minimum atomic E-state index is -0.327. The zero-order valence-electron chi connectivity index (χ0n) is 6.47. The zero-order valence-corrected chi connectivity index (χ0v) is 8.05. The van der Waals surface area contributed by atoms with Crippen LogP contribution in [0.5, 0.6) is 0 Å². The third-order valence-corrected chi connectivity index (χ3v) is 3.22. The van der Waals surface area contributed by atoms with E-state index < -0.39 is 0 Å². The second-order valence-electron chi connectivity index (χ2n) is 2.72. The van der Waals surface area contributed by atoms with Gasteiger partial charge < -0.3 is 0 Å². The predicted octanol–water partition coefficient (Wildman–Crippen LogP) is 2.93. The quantitative estimate of drug-likeness (QED) is 0.597. The Balaban J connectivity index is 2.54. The van der Waals surface area contributed by atoms with Crippen LogP contribution < -0.4 is 0 Å². The number of fused-ring (bicyclic) bond motifs is 1. The van der Waals surface area contributed by atoms with E-state index in [4.69, 9.17) is 11.6 Å². The number of hydrogen-bond acceptors (Lipinski definition) is 2. The molecule has 0 bridgehead atoms. The molecule has 1 aromatic rings. The fourth-order valence-electron chi connectivity index (χ4n) is 1.23. The van der Waals surface area contributed by atoms with Crippen molar-refractivity contribution < 1.29 is 4.39 Å². The maximum absolute atomic E-state index is 12.9. The Morgan fingerprint density at radius 2 is 2.33 bits per heavy atom. The fraction of sp³-hybridized carbons (Fsp3) is 0.250. The molecule has 0 aromatic heterocycles. The third kappa shape index (κ3) is 1.22. The lowest BCUT2D eigenvalue weighted by Gasteiger charge is -2.01. The van der Waals surface area contributed by atoms with Gasteiger partial charge in [0, 0.05) is 17.0 Å². The van der Waals surface area contributed by atoms with Crippen molar-refractivity contribution >= 4 is 23.5 Å². The van der Waals surface area contributed by atoms with E-state index in [0.717, 1.165) is 17.0 Å². The number of rotatable bonds is 0. The average Bonchev–Trinajstić information content (AvgIpc) is 2.39. The first-order valence-electron chi connectivity index (χ1n) is 3.54. The summed E-state index contributed by atoms with van der Waals surface area (Å²) in [4.78, 5) is 1.06. The molecule has 0 atom stereocenters. The predicted molar refractivity (Wildman–Crippen MR) is 48.7 cm³/mol. The van der Waals surface area contributed by atoms with Crippen molar-refractivity contribution in [1.29, 1.82) is 0 Å². The topological polar surface area (TPSA) is 3.24 Å². The van der Waals surface area contributed by atoms with Gasteiger partial charge in [0.05, 0.1) is 5.02 Å². The van der Waals surface area contributed by atoms with Crippen molar-refractivity contribution in [3.8, 4) is 0 Å². The molecule has 0 saturated carbocycles. The molecule has 0 radical (unpaired) electrons. The van der Waals surface area contributed by atoms with Crippen molar-refractivity contribution in [2.45, 2.75) is 11.4 Å². The first kappa shape index (κ1) is 8.35. The summed E-state index contributed by atoms with van der Waals surface area (Å²) in [6, 6.07) is 3.18. The summed E-state index contributed by atoms with van der Waals surface area (Å²) in [5.74, 6) is -0.327. The van der Waals surface area contributed by atoms with E-state index in [0.29, 0.717) is 0 Å². The summed E-state index contributed by atoms with van der Waals surface area (Å²) in [6.45, 7) is 0.719. The van der Waals surface area contributed by atoms with Crippen molar-refractivity contribution in [2.75, 3.05) is 7.05 Å². The highest BCUT2D eigenvalue weighted by Gasteiger charge is 2.21. The van der Waals surface area contributed by atoms with E-state index in [2.05, 4.69) is 0 Å². The van der Waals surface area contributed by atoms with Crippen LogP contribution in [-0.2, 0) is 6.54 Å². The SMILES string of the molecule is CN1Cc2c(ccc(F)c2Cl)S1. The maximum atomic E-state index is 12.9. The fourth-order valence-corrected chi connectivity index (χ4v) is 2.45. The lowest BCUT2D eigenvalue weighted by molar-refractivity contribution is 0.574. The largest absolute Gasteiger partial charge is 0.245 e. The molecule has 0 aliphatic carbocycles. The molecule has 1 heterocycles. The summed E-state index contributed by atoms with van der Waals surface area (Å²) in [5, 5.41) is 0.268. The van der Waals surface area contributed by atoms with Crippen LogP contribution in [-0.4, -0.2) is 11.4 Å². The van der Waals surface area contributed by atoms with Gasteiger partial charge in [-0.1, -0.05) is 11.6 Å². The number of hydrogen-bond donors (Lipinski definition) is 0. The first-order valence-corrected chi connectivity index (χ1v) is 4.69. The Labute approximate surface area is 79.6 Å². The Hall–Kier alpha value is -0.250. The second kappa shape index (κ2) is 2.91. The standard InChI is InChI=1S/C8H7ClFNS/c1-11-4-5-7(12-11)3-2-6(10)8(5)9/h2-3H,4H2,1H3. The minimum Gasteiger partial charge on any atom is -0.245 e. The number of benzene rings is 1. The highest BCUT2D eigenvalue weighted by molar-refractivity contribution is 7.97. The van der Waals surface area contributed by atoms with Gasteiger partial charge in [-0.2, -0.15) is 0 Å². The van der Waals surface area contributed by atoms with Gasteiger partial charge in [0.25, 0.3) is 0 Å². The monoisotopic (exact) mass is 203 g/mol. The minimum absolute atomic E-state index is 0.268. The number of halogens is 2. The average molecular weight is 204 g/mol. The lowest BCUT2D eigenvalue weighted by Crippen LogP contribution is -2.00. The Morgan fingerprint density at radius 3 is 3.08 bits per heavy atom. The molecule has 0 fully saturated rings. The molecule has 0 saturated heterocycles. The lowest BCUT2D eigenvalue weighted by atomic mass is 10.2. The molecular formula is C8H7ClFNS. The summed E-state index contributed by atoms with van der Waals surface area (Å²) >= 11 is 7.39. The van der Waals surface area contributed by atoms with E-state index >= 15 is 0 Å². The molecule has 0 unspecified atom stereocenters. The van der Waals surface area contributed by atoms with Crippen LogP contribution in [0.3, 0.4) is 0 Å². The van der Waals surface area contributed by atoms with Crippen LogP contribution in [0.15, 0.2) is 17.0 Å². The van der Waals surface area contributed by atoms with Crippen LogP contribution in [0.1, 0.15) is 5.56 Å². The second-order valence-corrected chi connectivity index (χ2v) is 4.34. The van der Waals surface area contributed by atoms with Gasteiger partial charge in [0.15, 0.2) is 0 Å². The Bertz CT molecular complexity index is 329. The highest BCUT2D eigenvalue weighted by atomic mass is 35.5. The van der Waals surface area contributed by atoms with Crippen molar-refractivity contribution in [3.63, 3.8) is 0 Å². The van der Waals surface area contributed by atoms with Gasteiger partial charge in [0.2, 0.25) is 0 Å². The van der Waals surface area contributed by atoms with Crippen molar-refractivity contribution in [3.05, 3.63) is 28.5 Å². The van der Waals surface area contributed by atoms with Crippen LogP contribution in [0.25, 0.3) is 0 Å². The van der Waals surface area contributed by atoms with Gasteiger partial charge in [0.1, 0.15) is 5.82 Å². The molecule has 0 N–H and O–H groups in total. The molecule has 64 valence electrons. The van der Waals surface area contributed by atoms with Crippen LogP contribution in [0.4, 0.5) is 4.39 Å². The van der Waals surface area contributed by atoms with Gasteiger partial charge in [-0.3, -0.25) is 0 Å². The van der Waals surface area contributed by atoms with Gasteiger partial charge in [-0.05, 0) is 31.1 Å². The molecular weight excluding hydrogens is 197 g/mol. The normalized spacial score (nSPS) is 16.6. The molecule has 1 aliphatic heterocycles. The van der Waals surface area contributed by atoms with Crippen LogP contribution in [0, 0.1) is 5.82 Å². The van der Waals surface area contributed by atoms with Gasteiger partial charge in [-0.15, -0.1) is 0 Å². The number of nitrogens with zero attached hydrogens (tertiary/aromatic N) is 1. The Kier molecular flexibility index (Phi) is 2.02. The summed E-state index contributed by atoms with van der Waals surface area (Å²) in [6.07, 6.45) is 0. The van der Waals surface area contributed by atoms with E-state index in [1.54, 1.807) is 18.0 Å². The molecule has 0 amide bonds. The molecule has 1 aliphatic rings. The molecule has 4 heteroatoms.